The quantitative estimate of drug-likeness (QED) is 0.737. The number of anilines is 1. The van der Waals surface area contributed by atoms with Crippen molar-refractivity contribution in [3.8, 4) is 6.07 Å². The number of rotatable bonds is 2. The maximum Gasteiger partial charge on any atom is 0.451 e. The van der Waals surface area contributed by atoms with Gasteiger partial charge in [-0.05, 0) is 0 Å². The van der Waals surface area contributed by atoms with Crippen molar-refractivity contribution in [1.29, 1.82) is 5.26 Å². The molecule has 1 aromatic heterocycles. The maximum absolute atomic E-state index is 12.0. The van der Waals surface area contributed by atoms with E-state index in [0.717, 1.165) is 12.4 Å². The number of hydrogen-bond acceptors (Lipinski definition) is 4. The molecule has 0 aliphatic rings. The molecule has 4 nitrogen and oxygen atoms in total. The van der Waals surface area contributed by atoms with Gasteiger partial charge in [0.2, 0.25) is 5.82 Å². The molecule has 1 aromatic rings. The van der Waals surface area contributed by atoms with E-state index < -0.39 is 12.0 Å². The molecule has 0 fully saturated rings. The Morgan fingerprint density at radius 2 is 1.93 bits per heavy atom. The summed E-state index contributed by atoms with van der Waals surface area (Å²) in [6.07, 6.45) is -2.58. The molecular formula is C7H5F3N4. The zero-order valence-electron chi connectivity index (χ0n) is 6.84. The molecular weight excluding hydrogens is 197 g/mol. The summed E-state index contributed by atoms with van der Waals surface area (Å²) < 4.78 is 35.9. The number of hydrogen-bond donors (Lipinski definition) is 1. The largest absolute Gasteiger partial charge is 0.451 e. The van der Waals surface area contributed by atoms with Crippen molar-refractivity contribution in [2.24, 2.45) is 0 Å². The number of nitriles is 1. The van der Waals surface area contributed by atoms with E-state index in [4.69, 9.17) is 5.26 Å². The highest BCUT2D eigenvalue weighted by atomic mass is 19.4. The van der Waals surface area contributed by atoms with Gasteiger partial charge in [-0.2, -0.15) is 18.4 Å². The van der Waals surface area contributed by atoms with Crippen LogP contribution in [-0.4, -0.2) is 16.5 Å². The van der Waals surface area contributed by atoms with E-state index in [1.165, 1.54) is 0 Å². The number of halogens is 3. The Morgan fingerprint density at radius 3 is 2.36 bits per heavy atom. The second-order valence-corrected chi connectivity index (χ2v) is 2.30. The van der Waals surface area contributed by atoms with Gasteiger partial charge in [0.15, 0.2) is 0 Å². The Bertz CT molecular complexity index is 337. The molecule has 0 bridgehead atoms. The van der Waals surface area contributed by atoms with E-state index in [1.54, 1.807) is 6.07 Å². The number of nitrogens with zero attached hydrogens (tertiary/aromatic N) is 3. The standard InChI is InChI=1S/C7H5F3N4/c8-7(9,10)6-13-3-5(4-14-6)12-2-1-11/h3-4,12H,2H2. The van der Waals surface area contributed by atoms with Crippen LogP contribution in [0.25, 0.3) is 0 Å². The summed E-state index contributed by atoms with van der Waals surface area (Å²) >= 11 is 0. The molecule has 0 atom stereocenters. The number of aromatic nitrogens is 2. The third-order valence-electron chi connectivity index (χ3n) is 1.28. The van der Waals surface area contributed by atoms with Crippen molar-refractivity contribution in [2.75, 3.05) is 11.9 Å². The van der Waals surface area contributed by atoms with Crippen LogP contribution in [0.15, 0.2) is 12.4 Å². The van der Waals surface area contributed by atoms with Gasteiger partial charge < -0.3 is 5.32 Å². The van der Waals surface area contributed by atoms with Gasteiger partial charge in [-0.1, -0.05) is 0 Å². The highest BCUT2D eigenvalue weighted by molar-refractivity contribution is 5.38. The molecule has 0 spiro atoms. The van der Waals surface area contributed by atoms with Crippen molar-refractivity contribution in [3.05, 3.63) is 18.2 Å². The first-order valence-corrected chi connectivity index (χ1v) is 3.54. The van der Waals surface area contributed by atoms with Gasteiger partial charge in [0.25, 0.3) is 0 Å². The van der Waals surface area contributed by atoms with Gasteiger partial charge in [0.1, 0.15) is 6.54 Å². The van der Waals surface area contributed by atoms with Crippen LogP contribution in [0.5, 0.6) is 0 Å². The first kappa shape index (κ1) is 10.2. The van der Waals surface area contributed by atoms with E-state index in [9.17, 15) is 13.2 Å². The highest BCUT2D eigenvalue weighted by Crippen LogP contribution is 2.25. The SMILES string of the molecule is N#CCNc1cnc(C(F)(F)F)nc1. The van der Waals surface area contributed by atoms with Crippen molar-refractivity contribution >= 4 is 5.69 Å². The van der Waals surface area contributed by atoms with Gasteiger partial charge in [-0.15, -0.1) is 0 Å². The molecule has 0 saturated carbocycles. The summed E-state index contributed by atoms with van der Waals surface area (Å²) in [5.74, 6) is -1.19. The minimum Gasteiger partial charge on any atom is -0.370 e. The summed E-state index contributed by atoms with van der Waals surface area (Å²) in [5, 5.41) is 10.7. The van der Waals surface area contributed by atoms with Crippen LogP contribution in [0.4, 0.5) is 18.9 Å². The molecule has 1 heterocycles. The van der Waals surface area contributed by atoms with Crippen LogP contribution < -0.4 is 5.32 Å². The average molecular weight is 202 g/mol. The minimum absolute atomic E-state index is 0.00523. The van der Waals surface area contributed by atoms with Crippen LogP contribution in [-0.2, 0) is 6.18 Å². The van der Waals surface area contributed by atoms with Gasteiger partial charge in [0, 0.05) is 0 Å². The van der Waals surface area contributed by atoms with Crippen molar-refractivity contribution < 1.29 is 13.2 Å². The average Bonchev–Trinajstić information content (AvgIpc) is 2.14. The second kappa shape index (κ2) is 3.91. The molecule has 0 radical (unpaired) electrons. The van der Waals surface area contributed by atoms with Crippen LogP contribution in [0.2, 0.25) is 0 Å². The lowest BCUT2D eigenvalue weighted by molar-refractivity contribution is -0.144. The minimum atomic E-state index is -4.53. The summed E-state index contributed by atoms with van der Waals surface area (Å²) in [5.41, 5.74) is 0.277. The Morgan fingerprint density at radius 1 is 1.36 bits per heavy atom. The lowest BCUT2D eigenvalue weighted by Gasteiger charge is -2.05. The predicted molar refractivity (Wildman–Crippen MR) is 41.1 cm³/mol. The molecule has 0 saturated heterocycles. The first-order valence-electron chi connectivity index (χ1n) is 3.54. The van der Waals surface area contributed by atoms with E-state index in [-0.39, 0.29) is 12.2 Å². The zero-order chi connectivity index (χ0) is 10.6. The molecule has 0 unspecified atom stereocenters. The molecule has 14 heavy (non-hydrogen) atoms. The summed E-state index contributed by atoms with van der Waals surface area (Å²) in [6.45, 7) is -0.00523. The fourth-order valence-corrected chi connectivity index (χ4v) is 0.707. The van der Waals surface area contributed by atoms with Gasteiger partial charge in [-0.25, -0.2) is 9.97 Å². The Labute approximate surface area is 77.4 Å². The Balaban J connectivity index is 2.75. The topological polar surface area (TPSA) is 61.6 Å². The maximum atomic E-state index is 12.0. The van der Waals surface area contributed by atoms with Gasteiger partial charge >= 0.3 is 6.18 Å². The first-order chi connectivity index (χ1) is 6.54. The molecule has 0 aromatic carbocycles. The van der Waals surface area contributed by atoms with Crippen molar-refractivity contribution in [1.82, 2.24) is 9.97 Å². The van der Waals surface area contributed by atoms with E-state index in [2.05, 4.69) is 15.3 Å². The lowest BCUT2D eigenvalue weighted by atomic mass is 10.5. The molecule has 0 aliphatic heterocycles. The molecule has 0 aliphatic carbocycles. The third-order valence-corrected chi connectivity index (χ3v) is 1.28. The summed E-state index contributed by atoms with van der Waals surface area (Å²) in [4.78, 5) is 6.19. The Hall–Kier alpha value is -1.84. The van der Waals surface area contributed by atoms with E-state index in [1.807, 2.05) is 0 Å². The van der Waals surface area contributed by atoms with Crippen molar-refractivity contribution in [3.63, 3.8) is 0 Å². The molecule has 74 valence electrons. The molecule has 1 rings (SSSR count). The Kier molecular flexibility index (Phi) is 2.86. The normalized spacial score (nSPS) is 10.7. The predicted octanol–water partition coefficient (Wildman–Crippen LogP) is 1.43. The summed E-state index contributed by atoms with van der Waals surface area (Å²) in [7, 11) is 0. The number of nitrogens with one attached hydrogen (secondary N) is 1. The van der Waals surface area contributed by atoms with Gasteiger partial charge in [0.05, 0.1) is 24.2 Å². The fraction of sp³-hybridized carbons (Fsp3) is 0.286. The van der Waals surface area contributed by atoms with Crippen LogP contribution in [0.3, 0.4) is 0 Å². The van der Waals surface area contributed by atoms with Crippen LogP contribution in [0, 0.1) is 11.3 Å². The third kappa shape index (κ3) is 2.58. The van der Waals surface area contributed by atoms with E-state index in [0.29, 0.717) is 0 Å². The van der Waals surface area contributed by atoms with E-state index >= 15 is 0 Å². The fourth-order valence-electron chi connectivity index (χ4n) is 0.707. The summed E-state index contributed by atoms with van der Waals surface area (Å²) in [6, 6.07) is 1.77. The van der Waals surface area contributed by atoms with Crippen LogP contribution >= 0.6 is 0 Å². The van der Waals surface area contributed by atoms with Gasteiger partial charge in [-0.3, -0.25) is 0 Å². The second-order valence-electron chi connectivity index (χ2n) is 2.30. The van der Waals surface area contributed by atoms with Crippen LogP contribution in [0.1, 0.15) is 5.82 Å². The molecule has 0 amide bonds. The molecule has 1 N–H and O–H groups in total. The number of alkyl halides is 3. The zero-order valence-corrected chi connectivity index (χ0v) is 6.84. The monoisotopic (exact) mass is 202 g/mol. The lowest BCUT2D eigenvalue weighted by Crippen LogP contribution is -2.11. The van der Waals surface area contributed by atoms with Crippen molar-refractivity contribution in [2.45, 2.75) is 6.18 Å². The smallest absolute Gasteiger partial charge is 0.370 e. The highest BCUT2D eigenvalue weighted by Gasteiger charge is 2.34. The molecule has 7 heteroatoms.